The van der Waals surface area contributed by atoms with Crippen molar-refractivity contribution in [2.75, 3.05) is 26.2 Å². The molecule has 0 aromatic heterocycles. The van der Waals surface area contributed by atoms with E-state index in [0.29, 0.717) is 12.5 Å². The maximum atomic E-state index is 11.1. The van der Waals surface area contributed by atoms with E-state index >= 15 is 0 Å². The van der Waals surface area contributed by atoms with Crippen molar-refractivity contribution in [2.24, 2.45) is 10.9 Å². The first-order chi connectivity index (χ1) is 11.1. The van der Waals surface area contributed by atoms with Crippen LogP contribution in [0, 0.1) is 5.92 Å². The molecule has 23 heavy (non-hydrogen) atoms. The summed E-state index contributed by atoms with van der Waals surface area (Å²) in [7, 11) is 0. The average molecular weight is 315 g/mol. The molecule has 2 N–H and O–H groups in total. The number of rotatable bonds is 3. The second-order valence-electron chi connectivity index (χ2n) is 7.05. The highest BCUT2D eigenvalue weighted by Gasteiger charge is 2.36. The van der Waals surface area contributed by atoms with Crippen LogP contribution in [0.15, 0.2) is 29.3 Å². The predicted molar refractivity (Wildman–Crippen MR) is 94.6 cm³/mol. The van der Waals surface area contributed by atoms with Crippen LogP contribution >= 0.6 is 0 Å². The molecule has 2 atom stereocenters. The minimum atomic E-state index is -0.807. The molecule has 0 saturated carbocycles. The van der Waals surface area contributed by atoms with E-state index in [9.17, 15) is 5.11 Å². The summed E-state index contributed by atoms with van der Waals surface area (Å²) in [6.07, 6.45) is 4.23. The molecule has 1 aromatic rings. The lowest BCUT2D eigenvalue weighted by molar-refractivity contribution is 0.0482. The van der Waals surface area contributed by atoms with Crippen molar-refractivity contribution in [3.63, 3.8) is 0 Å². The standard InChI is InChI=1S/C19H29N3O/c1-3-20-18(22-12-6-7-15(2)13-22)21-14-19(23)11-10-16-8-4-5-9-17(16)19/h4-5,8-9,15,23H,3,6-7,10-14H2,1-2H3,(H,20,21). The number of fused-ring (bicyclic) bond motifs is 1. The molecular weight excluding hydrogens is 286 g/mol. The molecule has 0 radical (unpaired) electrons. The molecule has 3 rings (SSSR count). The Balaban J connectivity index is 1.76. The molecule has 0 bridgehead atoms. The van der Waals surface area contributed by atoms with Gasteiger partial charge in [0.15, 0.2) is 5.96 Å². The second kappa shape index (κ2) is 6.91. The third kappa shape index (κ3) is 3.52. The topological polar surface area (TPSA) is 47.9 Å². The third-order valence-corrected chi connectivity index (χ3v) is 5.11. The van der Waals surface area contributed by atoms with Crippen molar-refractivity contribution in [3.05, 3.63) is 35.4 Å². The first-order valence-electron chi connectivity index (χ1n) is 8.96. The Labute approximate surface area is 139 Å². The van der Waals surface area contributed by atoms with E-state index in [1.807, 2.05) is 18.2 Å². The first-order valence-corrected chi connectivity index (χ1v) is 8.96. The fourth-order valence-electron chi connectivity index (χ4n) is 3.85. The van der Waals surface area contributed by atoms with Crippen LogP contribution in [0.1, 0.15) is 44.2 Å². The summed E-state index contributed by atoms with van der Waals surface area (Å²) >= 11 is 0. The molecule has 0 amide bonds. The van der Waals surface area contributed by atoms with Gasteiger partial charge in [-0.1, -0.05) is 31.2 Å². The van der Waals surface area contributed by atoms with Crippen LogP contribution in [0.3, 0.4) is 0 Å². The van der Waals surface area contributed by atoms with Gasteiger partial charge in [-0.05, 0) is 49.7 Å². The highest BCUT2D eigenvalue weighted by atomic mass is 16.3. The van der Waals surface area contributed by atoms with Crippen LogP contribution in [0.4, 0.5) is 0 Å². The second-order valence-corrected chi connectivity index (χ2v) is 7.05. The van der Waals surface area contributed by atoms with Gasteiger partial charge in [-0.2, -0.15) is 0 Å². The molecule has 126 valence electrons. The summed E-state index contributed by atoms with van der Waals surface area (Å²) in [5.41, 5.74) is 1.52. The summed E-state index contributed by atoms with van der Waals surface area (Å²) < 4.78 is 0. The zero-order valence-corrected chi connectivity index (χ0v) is 14.4. The summed E-state index contributed by atoms with van der Waals surface area (Å²) in [6.45, 7) is 7.82. The highest BCUT2D eigenvalue weighted by molar-refractivity contribution is 5.80. The molecule has 1 aromatic carbocycles. The smallest absolute Gasteiger partial charge is 0.194 e. The molecule has 1 heterocycles. The molecule has 2 aliphatic rings. The maximum absolute atomic E-state index is 11.1. The SMILES string of the molecule is CCNC(=NCC1(O)CCc2ccccc21)N1CCCC(C)C1. The molecule has 1 fully saturated rings. The fourth-order valence-corrected chi connectivity index (χ4v) is 3.85. The van der Waals surface area contributed by atoms with Gasteiger partial charge in [-0.3, -0.25) is 0 Å². The number of piperidine rings is 1. The van der Waals surface area contributed by atoms with Crippen LogP contribution in [0.5, 0.6) is 0 Å². The van der Waals surface area contributed by atoms with Crippen LogP contribution in [-0.4, -0.2) is 42.1 Å². The molecule has 1 saturated heterocycles. The minimum Gasteiger partial charge on any atom is -0.383 e. The normalized spacial score (nSPS) is 27.9. The van der Waals surface area contributed by atoms with E-state index in [1.165, 1.54) is 18.4 Å². The van der Waals surface area contributed by atoms with E-state index in [0.717, 1.165) is 44.0 Å². The fraction of sp³-hybridized carbons (Fsp3) is 0.632. The maximum Gasteiger partial charge on any atom is 0.194 e. The zero-order valence-electron chi connectivity index (χ0n) is 14.4. The molecule has 2 unspecified atom stereocenters. The number of nitrogens with zero attached hydrogens (tertiary/aromatic N) is 2. The Morgan fingerprint density at radius 2 is 2.26 bits per heavy atom. The average Bonchev–Trinajstić information content (AvgIpc) is 2.90. The summed E-state index contributed by atoms with van der Waals surface area (Å²) in [4.78, 5) is 7.15. The summed E-state index contributed by atoms with van der Waals surface area (Å²) in [5, 5.41) is 14.5. The number of aliphatic hydroxyl groups is 1. The van der Waals surface area contributed by atoms with Gasteiger partial charge in [0, 0.05) is 19.6 Å². The van der Waals surface area contributed by atoms with Crippen molar-refractivity contribution >= 4 is 5.96 Å². The number of aliphatic imine (C=N–C) groups is 1. The van der Waals surface area contributed by atoms with Crippen molar-refractivity contribution < 1.29 is 5.11 Å². The Hall–Kier alpha value is -1.55. The van der Waals surface area contributed by atoms with Gasteiger partial charge in [0.25, 0.3) is 0 Å². The lowest BCUT2D eigenvalue weighted by atomic mass is 9.96. The van der Waals surface area contributed by atoms with E-state index in [4.69, 9.17) is 4.99 Å². The predicted octanol–water partition coefficient (Wildman–Crippen LogP) is 2.52. The molecule has 4 heteroatoms. The molecule has 1 aliphatic carbocycles. The van der Waals surface area contributed by atoms with Gasteiger partial charge in [0.2, 0.25) is 0 Å². The van der Waals surface area contributed by atoms with Gasteiger partial charge >= 0.3 is 0 Å². The molecule has 0 spiro atoms. The first kappa shape index (κ1) is 16.3. The Morgan fingerprint density at radius 1 is 1.43 bits per heavy atom. The monoisotopic (exact) mass is 315 g/mol. The molecule has 1 aliphatic heterocycles. The Morgan fingerprint density at radius 3 is 3.04 bits per heavy atom. The van der Waals surface area contributed by atoms with E-state index in [2.05, 4.69) is 30.1 Å². The highest BCUT2D eigenvalue weighted by Crippen LogP contribution is 2.36. The number of hydrogen-bond acceptors (Lipinski definition) is 2. The van der Waals surface area contributed by atoms with Gasteiger partial charge in [0.1, 0.15) is 5.60 Å². The van der Waals surface area contributed by atoms with Gasteiger partial charge < -0.3 is 15.3 Å². The number of nitrogens with one attached hydrogen (secondary N) is 1. The number of likely N-dealkylation sites (tertiary alicyclic amines) is 1. The van der Waals surface area contributed by atoms with Crippen LogP contribution < -0.4 is 5.32 Å². The van der Waals surface area contributed by atoms with Crippen molar-refractivity contribution in [1.29, 1.82) is 0 Å². The zero-order chi connectivity index (χ0) is 16.3. The van der Waals surface area contributed by atoms with Crippen LogP contribution in [0.25, 0.3) is 0 Å². The Kier molecular flexibility index (Phi) is 4.90. The van der Waals surface area contributed by atoms with Gasteiger partial charge in [-0.15, -0.1) is 0 Å². The molecular formula is C19H29N3O. The minimum absolute atomic E-state index is 0.442. The number of hydrogen-bond donors (Lipinski definition) is 2. The lowest BCUT2D eigenvalue weighted by Crippen LogP contribution is -2.46. The Bertz CT molecular complexity index is 571. The van der Waals surface area contributed by atoms with E-state index in [-0.39, 0.29) is 0 Å². The van der Waals surface area contributed by atoms with Crippen molar-refractivity contribution in [2.45, 2.75) is 45.1 Å². The molecule has 4 nitrogen and oxygen atoms in total. The number of guanidine groups is 1. The van der Waals surface area contributed by atoms with E-state index in [1.54, 1.807) is 0 Å². The van der Waals surface area contributed by atoms with Crippen LogP contribution in [0.2, 0.25) is 0 Å². The van der Waals surface area contributed by atoms with Crippen molar-refractivity contribution in [1.82, 2.24) is 10.2 Å². The lowest BCUT2D eigenvalue weighted by Gasteiger charge is -2.34. The summed E-state index contributed by atoms with van der Waals surface area (Å²) in [6, 6.07) is 8.23. The van der Waals surface area contributed by atoms with E-state index < -0.39 is 5.60 Å². The number of benzene rings is 1. The van der Waals surface area contributed by atoms with Gasteiger partial charge in [-0.25, -0.2) is 4.99 Å². The largest absolute Gasteiger partial charge is 0.383 e. The number of aryl methyl sites for hydroxylation is 1. The third-order valence-electron chi connectivity index (χ3n) is 5.11. The van der Waals surface area contributed by atoms with Crippen molar-refractivity contribution in [3.8, 4) is 0 Å². The quantitative estimate of drug-likeness (QED) is 0.665. The summed E-state index contributed by atoms with van der Waals surface area (Å²) in [5.74, 6) is 1.67. The van der Waals surface area contributed by atoms with Crippen LogP contribution in [-0.2, 0) is 12.0 Å². The van der Waals surface area contributed by atoms with Gasteiger partial charge in [0.05, 0.1) is 6.54 Å².